The Bertz CT molecular complexity index is 672. The third-order valence-electron chi connectivity index (χ3n) is 3.80. The minimum absolute atomic E-state index is 0. The number of carbonyl (C=O) groups excluding carboxylic acids is 1. The van der Waals surface area contributed by atoms with Crippen molar-refractivity contribution in [2.45, 2.75) is 6.54 Å². The molecular formula is C16H20Cl3N3OS. The van der Waals surface area contributed by atoms with Gasteiger partial charge in [-0.1, -0.05) is 17.7 Å². The highest BCUT2D eigenvalue weighted by Gasteiger charge is 2.22. The summed E-state index contributed by atoms with van der Waals surface area (Å²) in [6.45, 7) is 4.14. The highest BCUT2D eigenvalue weighted by Crippen LogP contribution is 2.23. The van der Waals surface area contributed by atoms with Crippen LogP contribution in [0.4, 0.5) is 5.69 Å². The van der Waals surface area contributed by atoms with Crippen molar-refractivity contribution in [2.24, 2.45) is 0 Å². The molecule has 2 heterocycles. The van der Waals surface area contributed by atoms with E-state index in [0.29, 0.717) is 11.3 Å². The molecule has 3 rings (SSSR count). The Morgan fingerprint density at radius 1 is 1.12 bits per heavy atom. The molecule has 2 N–H and O–H groups in total. The zero-order valence-electron chi connectivity index (χ0n) is 13.0. The maximum atomic E-state index is 12.5. The van der Waals surface area contributed by atoms with Gasteiger partial charge in [0.2, 0.25) is 0 Å². The first-order chi connectivity index (χ1) is 10.6. The lowest BCUT2D eigenvalue weighted by molar-refractivity contribution is 0.0629. The predicted octanol–water partition coefficient (Wildman–Crippen LogP) is 3.79. The number of nitrogen functional groups attached to an aromatic ring is 1. The minimum atomic E-state index is 0. The second-order valence-electron chi connectivity index (χ2n) is 5.40. The van der Waals surface area contributed by atoms with Crippen molar-refractivity contribution in [2.75, 3.05) is 31.9 Å². The second kappa shape index (κ2) is 9.49. The van der Waals surface area contributed by atoms with Crippen LogP contribution >= 0.6 is 47.8 Å². The lowest BCUT2D eigenvalue weighted by Gasteiger charge is -2.34. The van der Waals surface area contributed by atoms with Gasteiger partial charge >= 0.3 is 0 Å². The van der Waals surface area contributed by atoms with Crippen LogP contribution in [0.3, 0.4) is 0 Å². The number of anilines is 1. The zero-order chi connectivity index (χ0) is 15.5. The van der Waals surface area contributed by atoms with Gasteiger partial charge in [-0.2, -0.15) is 0 Å². The number of piperazine rings is 1. The van der Waals surface area contributed by atoms with Crippen LogP contribution in [-0.2, 0) is 6.54 Å². The van der Waals surface area contributed by atoms with E-state index in [9.17, 15) is 4.79 Å². The standard InChI is InChI=1S/C16H18ClN3OS.2ClH/c17-15-5-4-14(22-15)11-19-6-8-20(9-7-19)16(21)12-2-1-3-13(18)10-12;;/h1-5,10H,6-9,11,18H2;2*1H. The van der Waals surface area contributed by atoms with Crippen LogP contribution in [-0.4, -0.2) is 41.9 Å². The van der Waals surface area contributed by atoms with E-state index in [0.717, 1.165) is 37.1 Å². The zero-order valence-corrected chi connectivity index (χ0v) is 16.2. The van der Waals surface area contributed by atoms with Crippen molar-refractivity contribution >= 4 is 59.3 Å². The van der Waals surface area contributed by atoms with E-state index in [1.165, 1.54) is 4.88 Å². The number of nitrogens with zero attached hydrogens (tertiary/aromatic N) is 2. The summed E-state index contributed by atoms with van der Waals surface area (Å²) in [6.07, 6.45) is 0. The maximum absolute atomic E-state index is 12.5. The molecule has 132 valence electrons. The Hall–Kier alpha value is -0.980. The summed E-state index contributed by atoms with van der Waals surface area (Å²) in [5.41, 5.74) is 7.04. The topological polar surface area (TPSA) is 49.6 Å². The van der Waals surface area contributed by atoms with E-state index >= 15 is 0 Å². The molecule has 4 nitrogen and oxygen atoms in total. The molecule has 1 amide bonds. The van der Waals surface area contributed by atoms with Crippen molar-refractivity contribution in [3.63, 3.8) is 0 Å². The van der Waals surface area contributed by atoms with Crippen molar-refractivity contribution < 1.29 is 4.79 Å². The molecule has 0 radical (unpaired) electrons. The van der Waals surface area contributed by atoms with Gasteiger partial charge in [-0.3, -0.25) is 9.69 Å². The van der Waals surface area contributed by atoms with Gasteiger partial charge in [-0.25, -0.2) is 0 Å². The molecule has 0 unspecified atom stereocenters. The average molecular weight is 409 g/mol. The van der Waals surface area contributed by atoms with Crippen LogP contribution in [0.5, 0.6) is 0 Å². The number of hydrogen-bond donors (Lipinski definition) is 1. The SMILES string of the molecule is Cl.Cl.Nc1cccc(C(=O)N2CCN(Cc3ccc(Cl)s3)CC2)c1. The lowest BCUT2D eigenvalue weighted by atomic mass is 10.1. The normalized spacial score (nSPS) is 14.6. The minimum Gasteiger partial charge on any atom is -0.399 e. The number of amides is 1. The summed E-state index contributed by atoms with van der Waals surface area (Å²) in [7, 11) is 0. The van der Waals surface area contributed by atoms with Gasteiger partial charge in [-0.05, 0) is 30.3 Å². The molecule has 1 saturated heterocycles. The number of benzene rings is 1. The van der Waals surface area contributed by atoms with E-state index < -0.39 is 0 Å². The number of nitrogens with two attached hydrogens (primary N) is 1. The van der Waals surface area contributed by atoms with Gasteiger partial charge < -0.3 is 10.6 Å². The van der Waals surface area contributed by atoms with Crippen LogP contribution < -0.4 is 5.73 Å². The quantitative estimate of drug-likeness (QED) is 0.786. The van der Waals surface area contributed by atoms with E-state index in [1.807, 2.05) is 23.1 Å². The Morgan fingerprint density at radius 2 is 1.83 bits per heavy atom. The van der Waals surface area contributed by atoms with Gasteiger partial charge in [0.05, 0.1) is 4.34 Å². The fourth-order valence-corrected chi connectivity index (χ4v) is 3.75. The number of carbonyl (C=O) groups is 1. The molecule has 0 aliphatic carbocycles. The molecule has 1 aliphatic heterocycles. The Balaban J connectivity index is 0.00000144. The highest BCUT2D eigenvalue weighted by molar-refractivity contribution is 7.16. The first kappa shape index (κ1) is 21.1. The molecule has 1 aliphatic rings. The summed E-state index contributed by atoms with van der Waals surface area (Å²) in [6, 6.07) is 11.2. The average Bonchev–Trinajstić information content (AvgIpc) is 2.92. The van der Waals surface area contributed by atoms with Gasteiger partial charge in [0.25, 0.3) is 5.91 Å². The molecule has 2 aromatic rings. The lowest BCUT2D eigenvalue weighted by Crippen LogP contribution is -2.48. The largest absolute Gasteiger partial charge is 0.399 e. The summed E-state index contributed by atoms with van der Waals surface area (Å²) in [5, 5.41) is 0. The molecule has 0 saturated carbocycles. The van der Waals surface area contributed by atoms with Crippen molar-refractivity contribution in [3.8, 4) is 0 Å². The molecular weight excluding hydrogens is 389 g/mol. The van der Waals surface area contributed by atoms with E-state index in [4.69, 9.17) is 17.3 Å². The first-order valence-corrected chi connectivity index (χ1v) is 8.42. The van der Waals surface area contributed by atoms with Crippen LogP contribution in [0.1, 0.15) is 15.2 Å². The van der Waals surface area contributed by atoms with E-state index in [2.05, 4.69) is 11.0 Å². The fourth-order valence-electron chi connectivity index (χ4n) is 2.62. The fraction of sp³-hybridized carbons (Fsp3) is 0.312. The molecule has 0 atom stereocenters. The van der Waals surface area contributed by atoms with Crippen LogP contribution in [0.15, 0.2) is 36.4 Å². The molecule has 1 aromatic heterocycles. The van der Waals surface area contributed by atoms with Crippen LogP contribution in [0.2, 0.25) is 4.34 Å². The molecule has 1 aromatic carbocycles. The molecule has 0 spiro atoms. The molecule has 1 fully saturated rings. The van der Waals surface area contributed by atoms with Crippen LogP contribution in [0.25, 0.3) is 0 Å². The van der Waals surface area contributed by atoms with Gasteiger partial charge in [0, 0.05) is 48.9 Å². The third kappa shape index (κ3) is 5.26. The third-order valence-corrected chi connectivity index (χ3v) is 5.02. The van der Waals surface area contributed by atoms with E-state index in [-0.39, 0.29) is 30.7 Å². The summed E-state index contributed by atoms with van der Waals surface area (Å²) in [5.74, 6) is 0.0612. The Kier molecular flexibility index (Phi) is 8.33. The van der Waals surface area contributed by atoms with E-state index in [1.54, 1.807) is 23.5 Å². The number of rotatable bonds is 3. The number of hydrogen-bond acceptors (Lipinski definition) is 4. The Labute approximate surface area is 163 Å². The maximum Gasteiger partial charge on any atom is 0.254 e. The van der Waals surface area contributed by atoms with Crippen molar-refractivity contribution in [3.05, 3.63) is 51.2 Å². The highest BCUT2D eigenvalue weighted by atomic mass is 35.5. The van der Waals surface area contributed by atoms with Gasteiger partial charge in [0.1, 0.15) is 0 Å². The van der Waals surface area contributed by atoms with Gasteiger partial charge in [0.15, 0.2) is 0 Å². The van der Waals surface area contributed by atoms with Gasteiger partial charge in [-0.15, -0.1) is 36.2 Å². The number of halogens is 3. The smallest absolute Gasteiger partial charge is 0.254 e. The monoisotopic (exact) mass is 407 g/mol. The van der Waals surface area contributed by atoms with Crippen molar-refractivity contribution in [1.82, 2.24) is 9.80 Å². The summed E-state index contributed by atoms with van der Waals surface area (Å²) in [4.78, 5) is 18.0. The number of thiophene rings is 1. The summed E-state index contributed by atoms with van der Waals surface area (Å²) >= 11 is 7.58. The predicted molar refractivity (Wildman–Crippen MR) is 106 cm³/mol. The molecule has 24 heavy (non-hydrogen) atoms. The summed E-state index contributed by atoms with van der Waals surface area (Å²) < 4.78 is 0.825. The van der Waals surface area contributed by atoms with Crippen LogP contribution in [0, 0.1) is 0 Å². The molecule has 0 bridgehead atoms. The molecule has 8 heteroatoms. The first-order valence-electron chi connectivity index (χ1n) is 7.23. The second-order valence-corrected chi connectivity index (χ2v) is 7.20. The van der Waals surface area contributed by atoms with Crippen molar-refractivity contribution in [1.29, 1.82) is 0 Å². The Morgan fingerprint density at radius 3 is 2.42 bits per heavy atom.